The third kappa shape index (κ3) is 9.17. The molecule has 0 aromatic heterocycles. The standard InChI is InChI=1S/C29H32Cl2N4O6S/c1-29(2,3)32-28(37)26(16-20-9-6-5-7-10-20)33(18-21-13-14-24(30)25(31)15-21)27(36)19-34(42(4,40)41)22-11-8-12-23(17-22)35(38)39/h5-15,17,26H,16,18-19H2,1-4H3,(H,32,37)/t26-/m0/s1. The molecule has 0 heterocycles. The van der Waals surface area contributed by atoms with E-state index in [1.54, 1.807) is 18.2 Å². The molecule has 42 heavy (non-hydrogen) atoms. The summed E-state index contributed by atoms with van der Waals surface area (Å²) in [5, 5.41) is 14.8. The zero-order valence-corrected chi connectivity index (χ0v) is 25.9. The molecule has 1 atom stereocenters. The van der Waals surface area contributed by atoms with Crippen molar-refractivity contribution in [3.8, 4) is 0 Å². The largest absolute Gasteiger partial charge is 0.350 e. The maximum atomic E-state index is 14.1. The molecule has 10 nitrogen and oxygen atoms in total. The number of non-ortho nitro benzene ring substituents is 1. The zero-order chi connectivity index (χ0) is 31.2. The van der Waals surface area contributed by atoms with E-state index in [1.807, 2.05) is 51.1 Å². The molecule has 3 rings (SSSR count). The minimum absolute atomic E-state index is 0.0618. The van der Waals surface area contributed by atoms with Gasteiger partial charge in [0.15, 0.2) is 0 Å². The van der Waals surface area contributed by atoms with Crippen molar-refractivity contribution in [1.82, 2.24) is 10.2 Å². The highest BCUT2D eigenvalue weighted by Crippen LogP contribution is 2.26. The quantitative estimate of drug-likeness (QED) is 0.227. The first kappa shape index (κ1) is 32.8. The number of nitro benzene ring substituents is 1. The molecule has 0 fully saturated rings. The summed E-state index contributed by atoms with van der Waals surface area (Å²) in [4.78, 5) is 39.8. The van der Waals surface area contributed by atoms with Crippen LogP contribution in [0.2, 0.25) is 10.0 Å². The van der Waals surface area contributed by atoms with Gasteiger partial charge in [0.2, 0.25) is 21.8 Å². The lowest BCUT2D eigenvalue weighted by Crippen LogP contribution is -2.56. The van der Waals surface area contributed by atoms with Gasteiger partial charge in [-0.1, -0.05) is 65.7 Å². The van der Waals surface area contributed by atoms with Crippen molar-refractivity contribution in [2.45, 2.75) is 45.3 Å². The molecule has 3 aromatic rings. The monoisotopic (exact) mass is 634 g/mol. The Balaban J connectivity index is 2.11. The lowest BCUT2D eigenvalue weighted by Gasteiger charge is -2.35. The number of hydrogen-bond donors (Lipinski definition) is 1. The summed E-state index contributed by atoms with van der Waals surface area (Å²) < 4.78 is 26.5. The van der Waals surface area contributed by atoms with E-state index in [0.717, 1.165) is 22.2 Å². The lowest BCUT2D eigenvalue weighted by molar-refractivity contribution is -0.384. The Labute approximate surface area is 255 Å². The molecule has 0 unspecified atom stereocenters. The van der Waals surface area contributed by atoms with Crippen LogP contribution in [0, 0.1) is 10.1 Å². The molecular weight excluding hydrogens is 603 g/mol. The predicted molar refractivity (Wildman–Crippen MR) is 164 cm³/mol. The van der Waals surface area contributed by atoms with Crippen LogP contribution in [-0.2, 0) is 32.6 Å². The molecule has 0 saturated heterocycles. The number of nitrogens with one attached hydrogen (secondary N) is 1. The fraction of sp³-hybridized carbons (Fsp3) is 0.310. The molecule has 224 valence electrons. The van der Waals surface area contributed by atoms with Crippen molar-refractivity contribution in [2.75, 3.05) is 17.1 Å². The van der Waals surface area contributed by atoms with Gasteiger partial charge in [-0.25, -0.2) is 8.42 Å². The molecule has 13 heteroatoms. The number of sulfonamides is 1. The Morgan fingerprint density at radius 3 is 2.19 bits per heavy atom. The average molecular weight is 636 g/mol. The van der Waals surface area contributed by atoms with Crippen LogP contribution < -0.4 is 9.62 Å². The molecule has 2 amide bonds. The highest BCUT2D eigenvalue weighted by molar-refractivity contribution is 7.92. The van der Waals surface area contributed by atoms with Gasteiger partial charge in [0, 0.05) is 30.6 Å². The van der Waals surface area contributed by atoms with Gasteiger partial charge in [-0.05, 0) is 50.1 Å². The lowest BCUT2D eigenvalue weighted by atomic mass is 10.0. The summed E-state index contributed by atoms with van der Waals surface area (Å²) in [5.41, 5.74) is 0.297. The van der Waals surface area contributed by atoms with E-state index in [-0.39, 0.29) is 29.4 Å². The van der Waals surface area contributed by atoms with Crippen molar-refractivity contribution in [3.05, 3.63) is 104 Å². The second-order valence-electron chi connectivity index (χ2n) is 10.8. The molecule has 0 bridgehead atoms. The highest BCUT2D eigenvalue weighted by Gasteiger charge is 2.34. The first-order valence-corrected chi connectivity index (χ1v) is 15.5. The van der Waals surface area contributed by atoms with Crippen LogP contribution in [0.25, 0.3) is 0 Å². The van der Waals surface area contributed by atoms with E-state index < -0.39 is 44.9 Å². The molecule has 0 aliphatic heterocycles. The Kier molecular flexibility index (Phi) is 10.6. The predicted octanol–water partition coefficient (Wildman–Crippen LogP) is 5.22. The highest BCUT2D eigenvalue weighted by atomic mass is 35.5. The van der Waals surface area contributed by atoms with Gasteiger partial charge in [-0.2, -0.15) is 0 Å². The van der Waals surface area contributed by atoms with Gasteiger partial charge in [0.25, 0.3) is 5.69 Å². The third-order valence-corrected chi connectivity index (χ3v) is 7.99. The maximum Gasteiger partial charge on any atom is 0.271 e. The molecule has 3 aromatic carbocycles. The van der Waals surface area contributed by atoms with E-state index in [2.05, 4.69) is 5.32 Å². The number of anilines is 1. The second-order valence-corrected chi connectivity index (χ2v) is 13.5. The molecule has 0 radical (unpaired) electrons. The molecule has 0 aliphatic carbocycles. The van der Waals surface area contributed by atoms with Crippen LogP contribution in [0.3, 0.4) is 0 Å². The van der Waals surface area contributed by atoms with Crippen molar-refractivity contribution >= 4 is 56.4 Å². The summed E-state index contributed by atoms with van der Waals surface area (Å²) in [5.74, 6) is -1.15. The van der Waals surface area contributed by atoms with Crippen LogP contribution in [0.5, 0.6) is 0 Å². The van der Waals surface area contributed by atoms with Gasteiger partial charge >= 0.3 is 0 Å². The minimum Gasteiger partial charge on any atom is -0.350 e. The van der Waals surface area contributed by atoms with Crippen molar-refractivity contribution in [3.63, 3.8) is 0 Å². The SMILES string of the molecule is CC(C)(C)NC(=O)[C@H](Cc1ccccc1)N(Cc1ccc(Cl)c(Cl)c1)C(=O)CN(c1cccc([N+](=O)[O-])c1)S(C)(=O)=O. The number of benzene rings is 3. The first-order valence-electron chi connectivity index (χ1n) is 12.9. The topological polar surface area (TPSA) is 130 Å². The first-order chi connectivity index (χ1) is 19.5. The molecule has 0 aliphatic rings. The summed E-state index contributed by atoms with van der Waals surface area (Å²) in [6, 6.07) is 17.8. The maximum absolute atomic E-state index is 14.1. The smallest absolute Gasteiger partial charge is 0.271 e. The number of amides is 2. The number of halogens is 2. The van der Waals surface area contributed by atoms with Crippen molar-refractivity contribution in [2.24, 2.45) is 0 Å². The van der Waals surface area contributed by atoms with Gasteiger partial charge < -0.3 is 10.2 Å². The second kappa shape index (κ2) is 13.5. The Morgan fingerprint density at radius 1 is 0.952 bits per heavy atom. The Hall–Kier alpha value is -3.67. The number of carbonyl (C=O) groups excluding carboxylic acids is 2. The number of nitro groups is 1. The number of carbonyl (C=O) groups is 2. The van der Waals surface area contributed by atoms with Crippen LogP contribution in [0.4, 0.5) is 11.4 Å². The fourth-order valence-electron chi connectivity index (χ4n) is 4.22. The summed E-state index contributed by atoms with van der Waals surface area (Å²) >= 11 is 12.3. The van der Waals surface area contributed by atoms with Gasteiger partial charge in [0.05, 0.1) is 26.9 Å². The van der Waals surface area contributed by atoms with E-state index in [0.29, 0.717) is 10.6 Å². The fourth-order valence-corrected chi connectivity index (χ4v) is 5.38. The van der Waals surface area contributed by atoms with Crippen LogP contribution in [-0.4, -0.2) is 54.4 Å². The number of hydrogen-bond acceptors (Lipinski definition) is 6. The number of nitrogens with zero attached hydrogens (tertiary/aromatic N) is 3. The Morgan fingerprint density at radius 2 is 1.62 bits per heavy atom. The molecule has 0 saturated carbocycles. The van der Waals surface area contributed by atoms with Gasteiger partial charge in [-0.15, -0.1) is 0 Å². The van der Waals surface area contributed by atoms with E-state index in [1.165, 1.54) is 23.1 Å². The average Bonchev–Trinajstić information content (AvgIpc) is 2.90. The molecule has 0 spiro atoms. The summed E-state index contributed by atoms with van der Waals surface area (Å²) in [7, 11) is -4.08. The zero-order valence-electron chi connectivity index (χ0n) is 23.6. The van der Waals surface area contributed by atoms with Gasteiger partial charge in [-0.3, -0.25) is 24.0 Å². The number of rotatable bonds is 11. The minimum atomic E-state index is -4.08. The summed E-state index contributed by atoms with van der Waals surface area (Å²) in [6.07, 6.45) is 1.03. The van der Waals surface area contributed by atoms with Crippen LogP contribution in [0.1, 0.15) is 31.9 Å². The normalized spacial score (nSPS) is 12.3. The van der Waals surface area contributed by atoms with E-state index in [9.17, 15) is 28.1 Å². The summed E-state index contributed by atoms with van der Waals surface area (Å²) in [6.45, 7) is 4.61. The van der Waals surface area contributed by atoms with E-state index >= 15 is 0 Å². The molecule has 1 N–H and O–H groups in total. The van der Waals surface area contributed by atoms with Crippen molar-refractivity contribution < 1.29 is 22.9 Å². The van der Waals surface area contributed by atoms with E-state index in [4.69, 9.17) is 23.2 Å². The van der Waals surface area contributed by atoms with Crippen molar-refractivity contribution in [1.29, 1.82) is 0 Å². The van der Waals surface area contributed by atoms with Gasteiger partial charge in [0.1, 0.15) is 12.6 Å². The molecular formula is C29H32Cl2N4O6S. The van der Waals surface area contributed by atoms with Crippen LogP contribution >= 0.6 is 23.2 Å². The van der Waals surface area contributed by atoms with Crippen LogP contribution in [0.15, 0.2) is 72.8 Å². The third-order valence-electron chi connectivity index (χ3n) is 6.11. The Bertz CT molecular complexity index is 1560.